The molecule has 90 valence electrons. The largest absolute Gasteiger partial charge is 0.481 e. The van der Waals surface area contributed by atoms with Crippen molar-refractivity contribution in [1.29, 1.82) is 0 Å². The average Bonchev–Trinajstić information content (AvgIpc) is 2.69. The summed E-state index contributed by atoms with van der Waals surface area (Å²) in [4.78, 5) is 34.7. The van der Waals surface area contributed by atoms with Crippen molar-refractivity contribution in [3.63, 3.8) is 0 Å². The molecule has 0 radical (unpaired) electrons. The van der Waals surface area contributed by atoms with Crippen LogP contribution in [-0.2, 0) is 16.0 Å². The third kappa shape index (κ3) is 1.95. The number of hydrogen-bond acceptors (Lipinski definition) is 4. The first-order valence-electron chi connectivity index (χ1n) is 5.08. The van der Waals surface area contributed by atoms with Gasteiger partial charge in [0.2, 0.25) is 0 Å². The van der Waals surface area contributed by atoms with Crippen molar-refractivity contribution in [2.45, 2.75) is 12.8 Å². The van der Waals surface area contributed by atoms with E-state index >= 15 is 0 Å². The van der Waals surface area contributed by atoms with Crippen molar-refractivity contribution in [2.75, 3.05) is 0 Å². The third-order valence-corrected chi connectivity index (χ3v) is 3.95. The zero-order valence-corrected chi connectivity index (χ0v) is 9.57. The number of ketones is 1. The lowest BCUT2D eigenvalue weighted by Crippen LogP contribution is -2.38. The molecular formula is C11H10O5S. The van der Waals surface area contributed by atoms with E-state index in [1.54, 1.807) is 11.4 Å². The summed E-state index contributed by atoms with van der Waals surface area (Å²) < 4.78 is 0. The molecule has 1 aromatic rings. The van der Waals surface area contributed by atoms with Gasteiger partial charge in [0.05, 0.1) is 0 Å². The molecule has 6 heteroatoms. The van der Waals surface area contributed by atoms with Crippen LogP contribution in [0.15, 0.2) is 11.4 Å². The fourth-order valence-corrected chi connectivity index (χ4v) is 3.04. The number of aryl methyl sites for hydroxylation is 1. The minimum Gasteiger partial charge on any atom is -0.481 e. The lowest BCUT2D eigenvalue weighted by Gasteiger charge is -2.23. The number of aliphatic carboxylic acids is 2. The number of carbonyl (C=O) groups is 3. The molecule has 0 aliphatic heterocycles. The minimum atomic E-state index is -1.64. The molecule has 0 spiro atoms. The van der Waals surface area contributed by atoms with E-state index in [2.05, 4.69) is 0 Å². The minimum absolute atomic E-state index is 0.287. The molecule has 0 amide bonds. The van der Waals surface area contributed by atoms with Gasteiger partial charge in [-0.15, -0.1) is 11.3 Å². The van der Waals surface area contributed by atoms with Crippen LogP contribution in [0, 0.1) is 11.8 Å². The second kappa shape index (κ2) is 4.29. The number of thiophene rings is 1. The van der Waals surface area contributed by atoms with Crippen LogP contribution < -0.4 is 0 Å². The van der Waals surface area contributed by atoms with Gasteiger partial charge in [-0.3, -0.25) is 14.4 Å². The Morgan fingerprint density at radius 1 is 1.35 bits per heavy atom. The van der Waals surface area contributed by atoms with Crippen molar-refractivity contribution in [1.82, 2.24) is 0 Å². The smallest absolute Gasteiger partial charge is 0.318 e. The van der Waals surface area contributed by atoms with Crippen LogP contribution in [0.2, 0.25) is 0 Å². The Morgan fingerprint density at radius 2 is 2.00 bits per heavy atom. The molecule has 2 rings (SSSR count). The van der Waals surface area contributed by atoms with Gasteiger partial charge in [0.1, 0.15) is 0 Å². The van der Waals surface area contributed by atoms with Crippen LogP contribution in [-0.4, -0.2) is 27.9 Å². The molecule has 1 aliphatic rings. The summed E-state index contributed by atoms with van der Waals surface area (Å²) in [6.45, 7) is 0. The topological polar surface area (TPSA) is 91.7 Å². The zero-order valence-electron chi connectivity index (χ0n) is 8.75. The Bertz CT molecular complexity index is 476. The first-order valence-corrected chi connectivity index (χ1v) is 5.96. The second-order valence-corrected chi connectivity index (χ2v) is 4.92. The maximum atomic E-state index is 12.0. The van der Waals surface area contributed by atoms with Gasteiger partial charge in [-0.25, -0.2) is 0 Å². The molecular weight excluding hydrogens is 244 g/mol. The van der Waals surface area contributed by atoms with Crippen LogP contribution >= 0.6 is 11.3 Å². The normalized spacial score (nSPS) is 19.1. The highest BCUT2D eigenvalue weighted by Gasteiger charge is 2.42. The first kappa shape index (κ1) is 11.8. The summed E-state index contributed by atoms with van der Waals surface area (Å²) in [5, 5.41) is 19.5. The van der Waals surface area contributed by atoms with Gasteiger partial charge in [0.15, 0.2) is 11.7 Å². The highest BCUT2D eigenvalue weighted by molar-refractivity contribution is 7.10. The molecule has 0 aromatic carbocycles. The molecule has 17 heavy (non-hydrogen) atoms. The molecule has 2 N–H and O–H groups in total. The maximum Gasteiger partial charge on any atom is 0.318 e. The summed E-state index contributed by atoms with van der Waals surface area (Å²) in [5.74, 6) is -5.85. The molecule has 5 nitrogen and oxygen atoms in total. The van der Waals surface area contributed by atoms with Crippen molar-refractivity contribution >= 4 is 29.1 Å². The number of carboxylic acids is 2. The van der Waals surface area contributed by atoms with Gasteiger partial charge in [-0.05, 0) is 24.3 Å². The summed E-state index contributed by atoms with van der Waals surface area (Å²) in [6, 6.07) is 1.63. The van der Waals surface area contributed by atoms with Crippen LogP contribution in [0.3, 0.4) is 0 Å². The summed E-state index contributed by atoms with van der Waals surface area (Å²) >= 11 is 1.44. The number of carboxylic acid groups (broad SMARTS) is 2. The van der Waals surface area contributed by atoms with E-state index < -0.39 is 23.8 Å². The highest BCUT2D eigenvalue weighted by atomic mass is 32.1. The summed E-state index contributed by atoms with van der Waals surface area (Å²) in [6.07, 6.45) is 0.857. The van der Waals surface area contributed by atoms with Gasteiger partial charge < -0.3 is 10.2 Å². The predicted octanol–water partition coefficient (Wildman–Crippen LogP) is 1.28. The Labute approximate surface area is 101 Å². The van der Waals surface area contributed by atoms with Gasteiger partial charge in [0, 0.05) is 16.4 Å². The van der Waals surface area contributed by atoms with E-state index in [0.717, 1.165) is 4.88 Å². The first-order chi connectivity index (χ1) is 8.02. The van der Waals surface area contributed by atoms with Gasteiger partial charge in [-0.1, -0.05) is 0 Å². The fraction of sp³-hybridized carbons (Fsp3) is 0.364. The number of rotatable bonds is 3. The van der Waals surface area contributed by atoms with Crippen LogP contribution in [0.5, 0.6) is 0 Å². The number of fused-ring (bicyclic) bond motifs is 1. The van der Waals surface area contributed by atoms with Gasteiger partial charge >= 0.3 is 11.9 Å². The molecule has 1 heterocycles. The Kier molecular flexibility index (Phi) is 2.97. The number of hydrogen-bond donors (Lipinski definition) is 2. The van der Waals surface area contributed by atoms with Crippen LogP contribution in [0.25, 0.3) is 0 Å². The molecule has 1 aromatic heterocycles. The van der Waals surface area contributed by atoms with E-state index in [1.807, 2.05) is 0 Å². The molecule has 1 aliphatic carbocycles. The summed E-state index contributed by atoms with van der Waals surface area (Å²) in [7, 11) is 0. The Balaban J connectivity index is 2.33. The van der Waals surface area contributed by atoms with Gasteiger partial charge in [-0.2, -0.15) is 0 Å². The van der Waals surface area contributed by atoms with Crippen molar-refractivity contribution in [3.8, 4) is 0 Å². The lowest BCUT2D eigenvalue weighted by molar-refractivity contribution is -0.156. The van der Waals surface area contributed by atoms with Crippen molar-refractivity contribution in [3.05, 3.63) is 21.9 Å². The quantitative estimate of drug-likeness (QED) is 0.793. The number of carbonyl (C=O) groups excluding carboxylic acids is 1. The van der Waals surface area contributed by atoms with Crippen LogP contribution in [0.4, 0.5) is 0 Å². The predicted molar refractivity (Wildman–Crippen MR) is 59.2 cm³/mol. The standard InChI is InChI=1S/C11H10O5S/c12-9-5-3-4-17-7(5)2-1-6(9)8(10(13)14)11(15)16/h3-4,6,8H,1-2H2,(H,13,14)(H,15,16). The molecule has 1 atom stereocenters. The van der Waals surface area contributed by atoms with E-state index in [4.69, 9.17) is 10.2 Å². The zero-order chi connectivity index (χ0) is 12.6. The molecule has 0 saturated carbocycles. The van der Waals surface area contributed by atoms with E-state index in [9.17, 15) is 14.4 Å². The van der Waals surface area contributed by atoms with E-state index in [0.29, 0.717) is 12.0 Å². The van der Waals surface area contributed by atoms with Crippen LogP contribution in [0.1, 0.15) is 21.7 Å². The lowest BCUT2D eigenvalue weighted by atomic mass is 9.78. The van der Waals surface area contributed by atoms with Crippen molar-refractivity contribution < 1.29 is 24.6 Å². The summed E-state index contributed by atoms with van der Waals surface area (Å²) in [5.41, 5.74) is 0.485. The second-order valence-electron chi connectivity index (χ2n) is 3.92. The van der Waals surface area contributed by atoms with E-state index in [-0.39, 0.29) is 12.2 Å². The molecule has 0 bridgehead atoms. The maximum absolute atomic E-state index is 12.0. The molecule has 1 unspecified atom stereocenters. The Morgan fingerprint density at radius 3 is 2.59 bits per heavy atom. The van der Waals surface area contributed by atoms with Gasteiger partial charge in [0.25, 0.3) is 0 Å². The van der Waals surface area contributed by atoms with E-state index in [1.165, 1.54) is 11.3 Å². The average molecular weight is 254 g/mol. The third-order valence-electron chi connectivity index (χ3n) is 2.96. The molecule has 0 saturated heterocycles. The monoisotopic (exact) mass is 254 g/mol. The SMILES string of the molecule is O=C1c2ccsc2CCC1C(C(=O)O)C(=O)O. The fourth-order valence-electron chi connectivity index (χ4n) is 2.14. The highest BCUT2D eigenvalue weighted by Crippen LogP contribution is 2.33. The van der Waals surface area contributed by atoms with Crippen molar-refractivity contribution in [2.24, 2.45) is 11.8 Å². The Hall–Kier alpha value is -1.69. The number of Topliss-reactive ketones (excluding diaryl/α,β-unsaturated/α-hetero) is 1. The molecule has 0 fully saturated rings.